The predicted octanol–water partition coefficient (Wildman–Crippen LogP) is 5.55. The quantitative estimate of drug-likeness (QED) is 0.567. The van der Waals surface area contributed by atoms with Gasteiger partial charge in [-0.1, -0.05) is 51.4 Å². The fraction of sp³-hybridized carbons (Fsp3) is 0.600. The number of rotatable bonds is 10. The van der Waals surface area contributed by atoms with Gasteiger partial charge < -0.3 is 10.2 Å². The Hall–Kier alpha value is -1.55. The third-order valence-electron chi connectivity index (χ3n) is 4.47. The van der Waals surface area contributed by atoms with Crippen LogP contribution in [0.4, 0.5) is 0 Å². The van der Waals surface area contributed by atoms with Crippen LogP contribution >= 0.6 is 11.6 Å². The van der Waals surface area contributed by atoms with Gasteiger partial charge in [-0.2, -0.15) is 0 Å². The average molecular weight is 369 g/mol. The molecule has 5 heteroatoms. The van der Waals surface area contributed by atoms with Crippen LogP contribution in [0.5, 0.6) is 0 Å². The van der Waals surface area contributed by atoms with Gasteiger partial charge in [0.2, 0.25) is 0 Å². The lowest BCUT2D eigenvalue weighted by Gasteiger charge is -2.23. The maximum absolute atomic E-state index is 11.9. The van der Waals surface area contributed by atoms with E-state index in [4.69, 9.17) is 11.6 Å². The van der Waals surface area contributed by atoms with E-state index < -0.39 is 23.8 Å². The van der Waals surface area contributed by atoms with E-state index in [0.717, 1.165) is 12.8 Å². The standard InChI is InChI=1S/C20H29ClO4/c1-12(2)8-10-15(19(22)23)14-6-5-7-17(21)18(14)16(20(24)25)11-9-13(3)4/h5-7,12-13,15-16H,8-11H2,1-4H3,(H,22,23)(H,24,25). The zero-order valence-electron chi connectivity index (χ0n) is 15.5. The highest BCUT2D eigenvalue weighted by Gasteiger charge is 2.30. The van der Waals surface area contributed by atoms with Crippen molar-refractivity contribution in [1.82, 2.24) is 0 Å². The molecule has 0 amide bonds. The lowest BCUT2D eigenvalue weighted by Crippen LogP contribution is -2.20. The van der Waals surface area contributed by atoms with E-state index in [1.807, 2.05) is 27.7 Å². The fourth-order valence-corrected chi connectivity index (χ4v) is 3.34. The molecule has 1 aromatic carbocycles. The Morgan fingerprint density at radius 3 is 1.80 bits per heavy atom. The van der Waals surface area contributed by atoms with E-state index >= 15 is 0 Å². The summed E-state index contributed by atoms with van der Waals surface area (Å²) in [6.45, 7) is 8.16. The lowest BCUT2D eigenvalue weighted by molar-refractivity contribution is -0.140. The number of carboxylic acid groups (broad SMARTS) is 2. The highest BCUT2D eigenvalue weighted by molar-refractivity contribution is 6.31. The molecular formula is C20H29ClO4. The van der Waals surface area contributed by atoms with Crippen molar-refractivity contribution in [2.45, 2.75) is 65.2 Å². The molecule has 2 unspecified atom stereocenters. The minimum atomic E-state index is -0.956. The molecule has 0 aliphatic rings. The second kappa shape index (κ2) is 9.81. The van der Waals surface area contributed by atoms with Crippen LogP contribution in [0.25, 0.3) is 0 Å². The van der Waals surface area contributed by atoms with Crippen LogP contribution in [0.1, 0.15) is 76.3 Å². The van der Waals surface area contributed by atoms with E-state index in [1.54, 1.807) is 18.2 Å². The zero-order chi connectivity index (χ0) is 19.1. The summed E-state index contributed by atoms with van der Waals surface area (Å²) in [7, 11) is 0. The molecule has 2 atom stereocenters. The summed E-state index contributed by atoms with van der Waals surface area (Å²) >= 11 is 6.34. The number of carboxylic acids is 2. The van der Waals surface area contributed by atoms with Gasteiger partial charge in [0.15, 0.2) is 0 Å². The van der Waals surface area contributed by atoms with Gasteiger partial charge in [-0.05, 0) is 54.7 Å². The molecule has 0 radical (unpaired) electrons. The van der Waals surface area contributed by atoms with E-state index in [1.165, 1.54) is 0 Å². The SMILES string of the molecule is CC(C)CCC(C(=O)O)c1cccc(Cl)c1C(CCC(C)C)C(=O)O. The molecular weight excluding hydrogens is 340 g/mol. The van der Waals surface area contributed by atoms with Gasteiger partial charge in [0.25, 0.3) is 0 Å². The van der Waals surface area contributed by atoms with Gasteiger partial charge in [0.1, 0.15) is 0 Å². The second-order valence-electron chi connectivity index (χ2n) is 7.47. The number of aliphatic carboxylic acids is 2. The second-order valence-corrected chi connectivity index (χ2v) is 7.87. The topological polar surface area (TPSA) is 74.6 Å². The molecule has 0 aromatic heterocycles. The summed E-state index contributed by atoms with van der Waals surface area (Å²) < 4.78 is 0. The van der Waals surface area contributed by atoms with Gasteiger partial charge in [-0.15, -0.1) is 0 Å². The van der Waals surface area contributed by atoms with Gasteiger partial charge in [-0.3, -0.25) is 9.59 Å². The van der Waals surface area contributed by atoms with Crippen molar-refractivity contribution in [1.29, 1.82) is 0 Å². The number of hydrogen-bond acceptors (Lipinski definition) is 2. The van der Waals surface area contributed by atoms with Crippen molar-refractivity contribution in [3.63, 3.8) is 0 Å². The summed E-state index contributed by atoms with van der Waals surface area (Å²) in [6.07, 6.45) is 2.41. The van der Waals surface area contributed by atoms with Gasteiger partial charge >= 0.3 is 11.9 Å². The molecule has 0 aliphatic heterocycles. The smallest absolute Gasteiger partial charge is 0.311 e. The number of halogens is 1. The first-order chi connectivity index (χ1) is 11.6. The monoisotopic (exact) mass is 368 g/mol. The van der Waals surface area contributed by atoms with Gasteiger partial charge in [0, 0.05) is 5.02 Å². The van der Waals surface area contributed by atoms with E-state index in [9.17, 15) is 19.8 Å². The molecule has 0 saturated heterocycles. The third-order valence-corrected chi connectivity index (χ3v) is 4.80. The first kappa shape index (κ1) is 21.5. The van der Waals surface area contributed by atoms with E-state index in [2.05, 4.69) is 0 Å². The maximum Gasteiger partial charge on any atom is 0.311 e. The molecule has 0 saturated carbocycles. The van der Waals surface area contributed by atoms with Gasteiger partial charge in [0.05, 0.1) is 11.8 Å². The number of carbonyl (C=O) groups is 2. The van der Waals surface area contributed by atoms with Crippen molar-refractivity contribution in [2.24, 2.45) is 11.8 Å². The normalized spacial score (nSPS) is 13.9. The minimum absolute atomic E-state index is 0.337. The largest absolute Gasteiger partial charge is 0.481 e. The molecule has 1 rings (SSSR count). The molecule has 0 spiro atoms. The Kier molecular flexibility index (Phi) is 8.43. The summed E-state index contributed by atoms with van der Waals surface area (Å²) in [5.41, 5.74) is 1.00. The van der Waals surface area contributed by atoms with Crippen LogP contribution in [0, 0.1) is 11.8 Å². The molecule has 0 bridgehead atoms. The highest BCUT2D eigenvalue weighted by atomic mass is 35.5. The van der Waals surface area contributed by atoms with Crippen molar-refractivity contribution in [3.05, 3.63) is 34.3 Å². The third kappa shape index (κ3) is 6.35. The molecule has 140 valence electrons. The molecule has 0 aliphatic carbocycles. The van der Waals surface area contributed by atoms with Crippen LogP contribution in [0.3, 0.4) is 0 Å². The Morgan fingerprint density at radius 1 is 0.880 bits per heavy atom. The van der Waals surface area contributed by atoms with Crippen LogP contribution in [0.15, 0.2) is 18.2 Å². The van der Waals surface area contributed by atoms with Crippen LogP contribution in [-0.4, -0.2) is 22.2 Å². The van der Waals surface area contributed by atoms with E-state index in [0.29, 0.717) is 40.8 Å². The van der Waals surface area contributed by atoms with Crippen molar-refractivity contribution >= 4 is 23.5 Å². The Bertz CT molecular complexity index is 595. The summed E-state index contributed by atoms with van der Waals surface area (Å²) in [5.74, 6) is -2.67. The zero-order valence-corrected chi connectivity index (χ0v) is 16.2. The number of hydrogen-bond donors (Lipinski definition) is 2. The van der Waals surface area contributed by atoms with Crippen molar-refractivity contribution in [2.75, 3.05) is 0 Å². The molecule has 1 aromatic rings. The fourth-order valence-electron chi connectivity index (χ4n) is 3.03. The van der Waals surface area contributed by atoms with Crippen molar-refractivity contribution < 1.29 is 19.8 Å². The number of benzene rings is 1. The highest BCUT2D eigenvalue weighted by Crippen LogP contribution is 2.38. The Balaban J connectivity index is 3.33. The first-order valence-electron chi connectivity index (χ1n) is 8.89. The molecule has 25 heavy (non-hydrogen) atoms. The molecule has 4 nitrogen and oxygen atoms in total. The Morgan fingerprint density at radius 2 is 1.36 bits per heavy atom. The molecule has 2 N–H and O–H groups in total. The first-order valence-corrected chi connectivity index (χ1v) is 9.26. The summed E-state index contributed by atoms with van der Waals surface area (Å²) in [5, 5.41) is 19.8. The predicted molar refractivity (Wildman–Crippen MR) is 100 cm³/mol. The van der Waals surface area contributed by atoms with Crippen LogP contribution in [0.2, 0.25) is 5.02 Å². The summed E-state index contributed by atoms with van der Waals surface area (Å²) in [6, 6.07) is 5.06. The Labute approximate surface area is 155 Å². The average Bonchev–Trinajstić information content (AvgIpc) is 2.48. The van der Waals surface area contributed by atoms with Crippen molar-refractivity contribution in [3.8, 4) is 0 Å². The van der Waals surface area contributed by atoms with Crippen LogP contribution < -0.4 is 0 Å². The summed E-state index contributed by atoms with van der Waals surface area (Å²) in [4.78, 5) is 23.7. The minimum Gasteiger partial charge on any atom is -0.481 e. The lowest BCUT2D eigenvalue weighted by atomic mass is 9.82. The van der Waals surface area contributed by atoms with E-state index in [-0.39, 0.29) is 0 Å². The molecule has 0 fully saturated rings. The van der Waals surface area contributed by atoms with Gasteiger partial charge in [-0.25, -0.2) is 0 Å². The van der Waals surface area contributed by atoms with Crippen LogP contribution in [-0.2, 0) is 9.59 Å². The molecule has 0 heterocycles. The maximum atomic E-state index is 11.9.